The van der Waals surface area contributed by atoms with Crippen molar-refractivity contribution >= 4 is 28.9 Å². The molecule has 0 unspecified atom stereocenters. The molecule has 0 spiro atoms. The van der Waals surface area contributed by atoms with Gasteiger partial charge in [-0.25, -0.2) is 0 Å². The van der Waals surface area contributed by atoms with Crippen molar-refractivity contribution in [3.63, 3.8) is 0 Å². The molecule has 0 aromatic heterocycles. The van der Waals surface area contributed by atoms with Crippen molar-refractivity contribution in [3.05, 3.63) is 23.2 Å². The van der Waals surface area contributed by atoms with Crippen LogP contribution in [0.5, 0.6) is 0 Å². The molecule has 0 saturated heterocycles. The van der Waals surface area contributed by atoms with Crippen LogP contribution in [-0.4, -0.2) is 5.91 Å². The summed E-state index contributed by atoms with van der Waals surface area (Å²) in [6, 6.07) is 5.14. The van der Waals surface area contributed by atoms with Crippen LogP contribution in [0, 0.1) is 11.8 Å². The number of amides is 1. The van der Waals surface area contributed by atoms with E-state index in [0.717, 1.165) is 31.6 Å². The fourth-order valence-electron chi connectivity index (χ4n) is 2.40. The monoisotopic (exact) mass is 266 g/mol. The van der Waals surface area contributed by atoms with E-state index in [9.17, 15) is 4.79 Å². The molecule has 2 rings (SSSR count). The minimum Gasteiger partial charge on any atom is -0.397 e. The maximum absolute atomic E-state index is 12.1. The summed E-state index contributed by atoms with van der Waals surface area (Å²) in [5.41, 5.74) is 6.99. The number of nitrogens with two attached hydrogens (primary N) is 1. The fraction of sp³-hybridized carbons (Fsp3) is 0.500. The molecule has 0 bridgehead atoms. The lowest BCUT2D eigenvalue weighted by Gasteiger charge is -2.25. The van der Waals surface area contributed by atoms with Gasteiger partial charge in [-0.3, -0.25) is 4.79 Å². The maximum atomic E-state index is 12.1. The molecule has 0 atom stereocenters. The first-order valence-corrected chi connectivity index (χ1v) is 6.80. The zero-order chi connectivity index (χ0) is 13.1. The number of hydrogen-bond acceptors (Lipinski definition) is 2. The molecular formula is C14H19ClN2O. The van der Waals surface area contributed by atoms with E-state index in [4.69, 9.17) is 17.3 Å². The highest BCUT2D eigenvalue weighted by Gasteiger charge is 2.24. The number of carbonyl (C=O) groups excluding carboxylic acids is 1. The predicted molar refractivity (Wildman–Crippen MR) is 75.6 cm³/mol. The Morgan fingerprint density at radius 2 is 2.00 bits per heavy atom. The summed E-state index contributed by atoms with van der Waals surface area (Å²) in [5.74, 6) is 0.946. The molecule has 1 aromatic rings. The van der Waals surface area contributed by atoms with Crippen molar-refractivity contribution in [1.29, 1.82) is 0 Å². The van der Waals surface area contributed by atoms with Crippen molar-refractivity contribution in [2.45, 2.75) is 32.6 Å². The van der Waals surface area contributed by atoms with Crippen LogP contribution in [0.25, 0.3) is 0 Å². The van der Waals surface area contributed by atoms with E-state index in [1.807, 2.05) is 0 Å². The first-order chi connectivity index (χ1) is 8.56. The summed E-state index contributed by atoms with van der Waals surface area (Å²) in [6.45, 7) is 2.24. The van der Waals surface area contributed by atoms with Gasteiger partial charge < -0.3 is 11.1 Å². The van der Waals surface area contributed by atoms with Crippen LogP contribution in [0.3, 0.4) is 0 Å². The van der Waals surface area contributed by atoms with Crippen molar-refractivity contribution in [2.75, 3.05) is 11.1 Å². The topological polar surface area (TPSA) is 55.1 Å². The van der Waals surface area contributed by atoms with Crippen molar-refractivity contribution < 1.29 is 4.79 Å². The van der Waals surface area contributed by atoms with E-state index in [-0.39, 0.29) is 11.8 Å². The van der Waals surface area contributed by atoms with Crippen molar-refractivity contribution in [1.82, 2.24) is 0 Å². The molecule has 0 radical (unpaired) electrons. The van der Waals surface area contributed by atoms with Crippen LogP contribution in [0.1, 0.15) is 32.6 Å². The number of nitrogen functional groups attached to an aromatic ring is 1. The Kier molecular flexibility index (Phi) is 4.12. The molecule has 1 aromatic carbocycles. The van der Waals surface area contributed by atoms with Crippen LogP contribution in [-0.2, 0) is 4.79 Å². The second-order valence-corrected chi connectivity index (χ2v) is 5.61. The summed E-state index contributed by atoms with van der Waals surface area (Å²) in [4.78, 5) is 12.1. The number of hydrogen-bond donors (Lipinski definition) is 2. The number of carbonyl (C=O) groups is 1. The molecule has 0 heterocycles. The Bertz CT molecular complexity index is 439. The van der Waals surface area contributed by atoms with Gasteiger partial charge in [-0.05, 0) is 49.8 Å². The number of halogens is 1. The van der Waals surface area contributed by atoms with E-state index in [2.05, 4.69) is 12.2 Å². The molecule has 4 heteroatoms. The second kappa shape index (κ2) is 5.61. The first-order valence-electron chi connectivity index (χ1n) is 6.42. The number of rotatable bonds is 2. The Balaban J connectivity index is 1.98. The van der Waals surface area contributed by atoms with E-state index < -0.39 is 0 Å². The molecule has 98 valence electrons. The molecule has 18 heavy (non-hydrogen) atoms. The third kappa shape index (κ3) is 3.16. The summed E-state index contributed by atoms with van der Waals surface area (Å²) < 4.78 is 0. The standard InChI is InChI=1S/C14H19ClN2O/c1-9-2-4-10(5-3-9)14(18)17-13-7-6-11(15)8-12(13)16/h6-10H,2-5,16H2,1H3,(H,17,18). The van der Waals surface area contributed by atoms with E-state index in [1.54, 1.807) is 18.2 Å². The van der Waals surface area contributed by atoms with Gasteiger partial charge in [-0.2, -0.15) is 0 Å². The third-order valence-corrected chi connectivity index (χ3v) is 3.89. The van der Waals surface area contributed by atoms with Gasteiger partial charge in [0, 0.05) is 10.9 Å². The normalized spacial score (nSPS) is 23.7. The Hall–Kier alpha value is -1.22. The van der Waals surface area contributed by atoms with Crippen LogP contribution >= 0.6 is 11.6 Å². The quantitative estimate of drug-likeness (QED) is 0.802. The fourth-order valence-corrected chi connectivity index (χ4v) is 2.59. The van der Waals surface area contributed by atoms with Crippen molar-refractivity contribution in [2.24, 2.45) is 11.8 Å². The molecule has 1 aliphatic rings. The molecule has 1 amide bonds. The van der Waals surface area contributed by atoms with Crippen LogP contribution < -0.4 is 11.1 Å². The summed E-state index contributed by atoms with van der Waals surface area (Å²) in [7, 11) is 0. The SMILES string of the molecule is CC1CCC(C(=O)Nc2ccc(Cl)cc2N)CC1. The van der Waals surface area contributed by atoms with E-state index in [1.165, 1.54) is 0 Å². The number of benzene rings is 1. The Morgan fingerprint density at radius 3 is 2.61 bits per heavy atom. The largest absolute Gasteiger partial charge is 0.397 e. The number of anilines is 2. The van der Waals surface area contributed by atoms with E-state index in [0.29, 0.717) is 16.4 Å². The zero-order valence-electron chi connectivity index (χ0n) is 10.6. The van der Waals surface area contributed by atoms with Gasteiger partial charge in [0.25, 0.3) is 0 Å². The minimum atomic E-state index is 0.0796. The van der Waals surface area contributed by atoms with Gasteiger partial charge >= 0.3 is 0 Å². The lowest BCUT2D eigenvalue weighted by molar-refractivity contribution is -0.121. The molecule has 1 saturated carbocycles. The molecule has 3 nitrogen and oxygen atoms in total. The lowest BCUT2D eigenvalue weighted by Crippen LogP contribution is -2.26. The molecule has 3 N–H and O–H groups in total. The average Bonchev–Trinajstić information content (AvgIpc) is 2.33. The predicted octanol–water partition coefficient (Wildman–Crippen LogP) is 3.69. The van der Waals surface area contributed by atoms with E-state index >= 15 is 0 Å². The molecule has 1 aliphatic carbocycles. The summed E-state index contributed by atoms with van der Waals surface area (Å²) in [6.07, 6.45) is 4.21. The van der Waals surface area contributed by atoms with Gasteiger partial charge in [0.2, 0.25) is 5.91 Å². The Morgan fingerprint density at radius 1 is 1.33 bits per heavy atom. The van der Waals surface area contributed by atoms with Gasteiger partial charge in [0.1, 0.15) is 0 Å². The van der Waals surface area contributed by atoms with Gasteiger partial charge in [0.05, 0.1) is 11.4 Å². The van der Waals surface area contributed by atoms with Crippen LogP contribution in [0.15, 0.2) is 18.2 Å². The summed E-state index contributed by atoms with van der Waals surface area (Å²) in [5, 5.41) is 3.48. The van der Waals surface area contributed by atoms with Gasteiger partial charge in [0.15, 0.2) is 0 Å². The molecular weight excluding hydrogens is 248 g/mol. The highest BCUT2D eigenvalue weighted by molar-refractivity contribution is 6.31. The molecule has 0 aliphatic heterocycles. The Labute approximate surface area is 113 Å². The number of nitrogens with one attached hydrogen (secondary N) is 1. The van der Waals surface area contributed by atoms with Crippen LogP contribution in [0.4, 0.5) is 11.4 Å². The highest BCUT2D eigenvalue weighted by Crippen LogP contribution is 2.30. The highest BCUT2D eigenvalue weighted by atomic mass is 35.5. The van der Waals surface area contributed by atoms with Crippen molar-refractivity contribution in [3.8, 4) is 0 Å². The average molecular weight is 267 g/mol. The smallest absolute Gasteiger partial charge is 0.227 e. The zero-order valence-corrected chi connectivity index (χ0v) is 11.3. The third-order valence-electron chi connectivity index (χ3n) is 3.66. The lowest BCUT2D eigenvalue weighted by atomic mass is 9.82. The van der Waals surface area contributed by atoms with Crippen LogP contribution in [0.2, 0.25) is 5.02 Å². The maximum Gasteiger partial charge on any atom is 0.227 e. The van der Waals surface area contributed by atoms with Gasteiger partial charge in [-0.15, -0.1) is 0 Å². The summed E-state index contributed by atoms with van der Waals surface area (Å²) >= 11 is 5.83. The first kappa shape index (κ1) is 13.2. The van der Waals surface area contributed by atoms with Gasteiger partial charge in [-0.1, -0.05) is 18.5 Å². The second-order valence-electron chi connectivity index (χ2n) is 5.18. The molecule has 1 fully saturated rings. The minimum absolute atomic E-state index is 0.0796.